The zero-order chi connectivity index (χ0) is 9.14. The predicted molar refractivity (Wildman–Crippen MR) is 39.9 cm³/mol. The minimum absolute atomic E-state index is 0.407. The Hall–Kier alpha value is -1.43. The van der Waals surface area contributed by atoms with Crippen LogP contribution < -0.4 is 5.73 Å². The summed E-state index contributed by atoms with van der Waals surface area (Å²) in [5.74, 6) is -0.518. The number of hydrogen-bond acceptors (Lipinski definition) is 5. The van der Waals surface area contributed by atoms with Gasteiger partial charge in [0.2, 0.25) is 0 Å². The molecule has 6 heteroatoms. The van der Waals surface area contributed by atoms with E-state index in [1.165, 1.54) is 18.1 Å². The molecule has 0 saturated heterocycles. The van der Waals surface area contributed by atoms with Crippen LogP contribution >= 0.6 is 0 Å². The average Bonchev–Trinajstić information content (AvgIpc) is 2.49. The summed E-state index contributed by atoms with van der Waals surface area (Å²) < 4.78 is 4.43. The summed E-state index contributed by atoms with van der Waals surface area (Å²) >= 11 is 0. The van der Waals surface area contributed by atoms with Crippen molar-refractivity contribution in [3.63, 3.8) is 0 Å². The summed E-state index contributed by atoms with van der Waals surface area (Å²) in [4.78, 5) is 12.2. The van der Waals surface area contributed by atoms with Gasteiger partial charge in [0.25, 0.3) is 0 Å². The average molecular weight is 170 g/mol. The van der Waals surface area contributed by atoms with Gasteiger partial charge in [0, 0.05) is 7.05 Å². The molecule has 66 valence electrons. The molecule has 1 aromatic heterocycles. The first kappa shape index (κ1) is 8.66. The molecule has 0 saturated carbocycles. The highest BCUT2D eigenvalue weighted by Crippen LogP contribution is 2.05. The van der Waals surface area contributed by atoms with E-state index in [0.29, 0.717) is 5.69 Å². The molecule has 6 nitrogen and oxygen atoms in total. The molecule has 1 heterocycles. The van der Waals surface area contributed by atoms with Crippen molar-refractivity contribution >= 4 is 5.97 Å². The zero-order valence-electron chi connectivity index (χ0n) is 6.89. The highest BCUT2D eigenvalue weighted by molar-refractivity contribution is 5.76. The maximum absolute atomic E-state index is 10.9. The Labute approximate surface area is 69.3 Å². The number of rotatable bonds is 2. The first-order chi connectivity index (χ1) is 5.65. The van der Waals surface area contributed by atoms with Crippen molar-refractivity contribution in [3.05, 3.63) is 11.9 Å². The molecule has 12 heavy (non-hydrogen) atoms. The second-order valence-electron chi connectivity index (χ2n) is 2.26. The molecule has 2 N–H and O–H groups in total. The molecule has 0 spiro atoms. The number of nitrogens with two attached hydrogens (primary N) is 1. The molecule has 0 bridgehead atoms. The molecule has 1 unspecified atom stereocenters. The molecule has 0 aliphatic carbocycles. The summed E-state index contributed by atoms with van der Waals surface area (Å²) in [5.41, 5.74) is 5.88. The summed E-state index contributed by atoms with van der Waals surface area (Å²) in [6.07, 6.45) is 1.43. The molecule has 0 aromatic carbocycles. The van der Waals surface area contributed by atoms with Gasteiger partial charge in [-0.3, -0.25) is 0 Å². The monoisotopic (exact) mass is 170 g/mol. The standard InChI is InChI=1S/C6H10N4O2/c1-10-8-3-4(9-10)5(7)6(11)12-2/h3,5H,7H2,1-2H3. The topological polar surface area (TPSA) is 83.0 Å². The van der Waals surface area contributed by atoms with Gasteiger partial charge in [-0.2, -0.15) is 15.0 Å². The van der Waals surface area contributed by atoms with E-state index in [4.69, 9.17) is 5.73 Å². The Kier molecular flexibility index (Phi) is 2.39. The third-order valence-corrected chi connectivity index (χ3v) is 1.39. The lowest BCUT2D eigenvalue weighted by Gasteiger charge is -2.03. The number of carbonyl (C=O) groups is 1. The molecule has 0 aliphatic heterocycles. The number of ether oxygens (including phenoxy) is 1. The number of hydrogen-bond donors (Lipinski definition) is 1. The summed E-state index contributed by atoms with van der Waals surface area (Å²) in [7, 11) is 2.92. The Morgan fingerprint density at radius 2 is 2.50 bits per heavy atom. The van der Waals surface area contributed by atoms with Crippen molar-refractivity contribution < 1.29 is 9.53 Å². The zero-order valence-corrected chi connectivity index (χ0v) is 6.89. The molecule has 1 rings (SSSR count). The van der Waals surface area contributed by atoms with E-state index in [2.05, 4.69) is 14.9 Å². The minimum atomic E-state index is -0.844. The van der Waals surface area contributed by atoms with Gasteiger partial charge in [-0.1, -0.05) is 0 Å². The SMILES string of the molecule is COC(=O)C(N)c1cnn(C)n1. The Balaban J connectivity index is 2.77. The van der Waals surface area contributed by atoms with Crippen molar-refractivity contribution in [2.24, 2.45) is 12.8 Å². The van der Waals surface area contributed by atoms with Gasteiger partial charge >= 0.3 is 5.97 Å². The van der Waals surface area contributed by atoms with Crippen LogP contribution in [0.1, 0.15) is 11.7 Å². The lowest BCUT2D eigenvalue weighted by atomic mass is 10.2. The van der Waals surface area contributed by atoms with E-state index in [0.717, 1.165) is 0 Å². The summed E-state index contributed by atoms with van der Waals surface area (Å²) in [6.45, 7) is 0. The van der Waals surface area contributed by atoms with Crippen LogP contribution in [0.15, 0.2) is 6.20 Å². The van der Waals surface area contributed by atoms with Crippen LogP contribution in [-0.4, -0.2) is 28.1 Å². The fraction of sp³-hybridized carbons (Fsp3) is 0.500. The molecule has 0 fully saturated rings. The van der Waals surface area contributed by atoms with Crippen LogP contribution in [0.2, 0.25) is 0 Å². The number of carbonyl (C=O) groups excluding carboxylic acids is 1. The van der Waals surface area contributed by atoms with E-state index in [9.17, 15) is 4.79 Å². The molecule has 0 amide bonds. The second kappa shape index (κ2) is 3.31. The molecular weight excluding hydrogens is 160 g/mol. The van der Waals surface area contributed by atoms with Gasteiger partial charge in [-0.15, -0.1) is 0 Å². The lowest BCUT2D eigenvalue weighted by Crippen LogP contribution is -2.23. The smallest absolute Gasteiger partial charge is 0.329 e. The molecule has 1 aromatic rings. The van der Waals surface area contributed by atoms with Crippen molar-refractivity contribution in [1.82, 2.24) is 15.0 Å². The molecular formula is C6H10N4O2. The van der Waals surface area contributed by atoms with Crippen LogP contribution in [0.3, 0.4) is 0 Å². The van der Waals surface area contributed by atoms with Crippen molar-refractivity contribution in [2.45, 2.75) is 6.04 Å². The van der Waals surface area contributed by atoms with Crippen LogP contribution in [0.25, 0.3) is 0 Å². The van der Waals surface area contributed by atoms with Gasteiger partial charge in [0.1, 0.15) is 11.7 Å². The quantitative estimate of drug-likeness (QED) is 0.575. The first-order valence-electron chi connectivity index (χ1n) is 3.34. The van der Waals surface area contributed by atoms with E-state index < -0.39 is 12.0 Å². The highest BCUT2D eigenvalue weighted by atomic mass is 16.5. The van der Waals surface area contributed by atoms with Gasteiger partial charge < -0.3 is 10.5 Å². The molecule has 0 radical (unpaired) electrons. The van der Waals surface area contributed by atoms with Gasteiger partial charge in [-0.25, -0.2) is 4.79 Å². The van der Waals surface area contributed by atoms with E-state index in [-0.39, 0.29) is 0 Å². The van der Waals surface area contributed by atoms with Crippen molar-refractivity contribution in [2.75, 3.05) is 7.11 Å². The summed E-state index contributed by atoms with van der Waals surface area (Å²) in [5, 5.41) is 7.63. The number of nitrogens with zero attached hydrogens (tertiary/aromatic N) is 3. The fourth-order valence-electron chi connectivity index (χ4n) is 0.752. The van der Waals surface area contributed by atoms with Gasteiger partial charge in [0.15, 0.2) is 0 Å². The Morgan fingerprint density at radius 1 is 1.83 bits per heavy atom. The van der Waals surface area contributed by atoms with Crippen molar-refractivity contribution in [3.8, 4) is 0 Å². The van der Waals surface area contributed by atoms with Crippen LogP contribution in [0.4, 0.5) is 0 Å². The number of esters is 1. The Morgan fingerprint density at radius 3 is 2.92 bits per heavy atom. The van der Waals surface area contributed by atoms with E-state index in [1.54, 1.807) is 7.05 Å². The van der Waals surface area contributed by atoms with E-state index >= 15 is 0 Å². The maximum atomic E-state index is 10.9. The molecule has 1 atom stereocenters. The van der Waals surface area contributed by atoms with Crippen LogP contribution in [-0.2, 0) is 16.6 Å². The number of aromatic nitrogens is 3. The highest BCUT2D eigenvalue weighted by Gasteiger charge is 2.18. The third kappa shape index (κ3) is 1.59. The second-order valence-corrected chi connectivity index (χ2v) is 2.26. The van der Waals surface area contributed by atoms with Gasteiger partial charge in [0.05, 0.1) is 13.3 Å². The van der Waals surface area contributed by atoms with Gasteiger partial charge in [-0.05, 0) is 0 Å². The summed E-state index contributed by atoms with van der Waals surface area (Å²) in [6, 6.07) is -0.844. The van der Waals surface area contributed by atoms with E-state index in [1.807, 2.05) is 0 Å². The third-order valence-electron chi connectivity index (χ3n) is 1.39. The van der Waals surface area contributed by atoms with Crippen molar-refractivity contribution in [1.29, 1.82) is 0 Å². The van der Waals surface area contributed by atoms with Crippen LogP contribution in [0.5, 0.6) is 0 Å². The lowest BCUT2D eigenvalue weighted by molar-refractivity contribution is -0.142. The number of methoxy groups -OCH3 is 1. The molecule has 0 aliphatic rings. The maximum Gasteiger partial charge on any atom is 0.329 e. The fourth-order valence-corrected chi connectivity index (χ4v) is 0.752. The minimum Gasteiger partial charge on any atom is -0.468 e. The normalized spacial score (nSPS) is 12.6. The first-order valence-corrected chi connectivity index (χ1v) is 3.34. The van der Waals surface area contributed by atoms with Crippen LogP contribution in [0, 0.1) is 0 Å². The Bertz CT molecular complexity index is 283. The predicted octanol–water partition coefficient (Wildman–Crippen LogP) is -1.01. The number of aryl methyl sites for hydroxylation is 1. The largest absolute Gasteiger partial charge is 0.468 e.